The Hall–Kier alpha value is -2.65. The first-order valence-corrected chi connectivity index (χ1v) is 14.6. The lowest BCUT2D eigenvalue weighted by molar-refractivity contribution is -0.837. The van der Waals surface area contributed by atoms with Crippen LogP contribution in [0.2, 0.25) is 0 Å². The number of rotatable bonds is 10. The SMILES string of the molecule is CCOCOc1ccc2nc(NC(=O)c3ccc([I+]OS(=O)(=O)c4ccc(C)cc4)cn3)sc2c1. The van der Waals surface area contributed by atoms with Crippen LogP contribution in [0.5, 0.6) is 5.75 Å². The molecule has 0 unspecified atom stereocenters. The number of pyridine rings is 1. The Balaban J connectivity index is 1.36. The Morgan fingerprint density at radius 2 is 1.91 bits per heavy atom. The van der Waals surface area contributed by atoms with E-state index in [1.165, 1.54) is 35.7 Å². The largest absolute Gasteiger partial charge is 0.542 e. The third kappa shape index (κ3) is 6.73. The van der Waals surface area contributed by atoms with E-state index in [0.29, 0.717) is 21.1 Å². The number of aryl methyl sites for hydroxylation is 1. The number of nitrogens with one attached hydrogen (secondary N) is 1. The molecule has 182 valence electrons. The number of nitrogens with zero attached hydrogens (tertiary/aromatic N) is 2. The van der Waals surface area contributed by atoms with Crippen molar-refractivity contribution < 1.29 is 46.8 Å². The molecule has 4 rings (SSSR count). The standard InChI is InChI=1S/C23H20IN3O6S2/c1-3-31-14-32-17-7-11-19-21(12-17)34-23(26-19)27-22(28)20-10-6-16(13-25-20)24-33-35(29,30)18-8-4-15(2)5-9-18/h4-13H,3,14H2,1-2H3/p+1. The quantitative estimate of drug-likeness (QED) is 0.159. The molecule has 0 saturated carbocycles. The Kier molecular flexibility index (Phi) is 8.28. The van der Waals surface area contributed by atoms with Crippen molar-refractivity contribution in [2.45, 2.75) is 18.7 Å². The van der Waals surface area contributed by atoms with Gasteiger partial charge in [0, 0.05) is 6.61 Å². The second kappa shape index (κ2) is 11.4. The monoisotopic (exact) mass is 626 g/mol. The smallest absolute Gasteiger partial charge is 0.468 e. The lowest BCUT2D eigenvalue weighted by Gasteiger charge is -2.04. The molecule has 2 aromatic carbocycles. The number of benzene rings is 2. The molecule has 1 amide bonds. The molecule has 2 aromatic heterocycles. The molecule has 0 spiro atoms. The Bertz CT molecular complexity index is 1420. The van der Waals surface area contributed by atoms with E-state index in [1.54, 1.807) is 24.3 Å². The Morgan fingerprint density at radius 3 is 2.63 bits per heavy atom. The average Bonchev–Trinajstić information content (AvgIpc) is 3.25. The minimum Gasteiger partial charge on any atom is -0.468 e. The fourth-order valence-corrected chi connectivity index (χ4v) is 6.90. The van der Waals surface area contributed by atoms with Gasteiger partial charge >= 0.3 is 31.7 Å². The van der Waals surface area contributed by atoms with Crippen LogP contribution in [0.4, 0.5) is 5.13 Å². The lowest BCUT2D eigenvalue weighted by Crippen LogP contribution is -3.62. The summed E-state index contributed by atoms with van der Waals surface area (Å²) in [6.07, 6.45) is 1.45. The van der Waals surface area contributed by atoms with Gasteiger partial charge in [-0.05, 0) is 58.8 Å². The first kappa shape index (κ1) is 25.4. The van der Waals surface area contributed by atoms with Crippen LogP contribution in [-0.4, -0.2) is 37.7 Å². The van der Waals surface area contributed by atoms with Crippen molar-refractivity contribution in [1.29, 1.82) is 0 Å². The van der Waals surface area contributed by atoms with Crippen molar-refractivity contribution in [3.63, 3.8) is 0 Å². The van der Waals surface area contributed by atoms with Crippen molar-refractivity contribution in [3.8, 4) is 5.75 Å². The predicted molar refractivity (Wildman–Crippen MR) is 127 cm³/mol. The number of ether oxygens (including phenoxy) is 2. The summed E-state index contributed by atoms with van der Waals surface area (Å²) in [6.45, 7) is 4.49. The molecular formula is C23H21IN3O6S2+. The van der Waals surface area contributed by atoms with Gasteiger partial charge in [0.15, 0.2) is 11.9 Å². The van der Waals surface area contributed by atoms with Gasteiger partial charge in [-0.25, -0.2) is 9.97 Å². The van der Waals surface area contributed by atoms with Gasteiger partial charge < -0.3 is 9.47 Å². The van der Waals surface area contributed by atoms with Gasteiger partial charge in [0.05, 0.1) is 21.3 Å². The van der Waals surface area contributed by atoms with Gasteiger partial charge in [0.2, 0.25) is 3.57 Å². The first-order chi connectivity index (χ1) is 16.8. The molecule has 0 aliphatic carbocycles. The minimum atomic E-state index is -3.85. The highest BCUT2D eigenvalue weighted by Crippen LogP contribution is 2.29. The summed E-state index contributed by atoms with van der Waals surface area (Å²) >= 11 is -0.00168. The minimum absolute atomic E-state index is 0.107. The summed E-state index contributed by atoms with van der Waals surface area (Å²) < 4.78 is 42.1. The number of carbonyl (C=O) groups excluding carboxylic acids is 1. The molecule has 0 fully saturated rings. The molecular weight excluding hydrogens is 605 g/mol. The van der Waals surface area contributed by atoms with E-state index < -0.39 is 37.6 Å². The fourth-order valence-electron chi connectivity index (χ4n) is 2.78. The molecule has 0 aliphatic heterocycles. The molecule has 9 nitrogen and oxygen atoms in total. The predicted octanol–water partition coefficient (Wildman–Crippen LogP) is 1.20. The summed E-state index contributed by atoms with van der Waals surface area (Å²) in [7, 11) is -3.85. The number of fused-ring (bicyclic) bond motifs is 1. The zero-order chi connectivity index (χ0) is 24.8. The number of carbonyl (C=O) groups is 1. The third-order valence-electron chi connectivity index (χ3n) is 4.57. The van der Waals surface area contributed by atoms with E-state index in [0.717, 1.165) is 15.8 Å². The Labute approximate surface area is 217 Å². The molecule has 4 aromatic rings. The van der Waals surface area contributed by atoms with Crippen molar-refractivity contribution in [1.82, 2.24) is 9.97 Å². The van der Waals surface area contributed by atoms with Crippen LogP contribution >= 0.6 is 11.3 Å². The summed E-state index contributed by atoms with van der Waals surface area (Å²) in [5, 5.41) is 3.17. The number of aromatic nitrogens is 2. The maximum absolute atomic E-state index is 12.6. The van der Waals surface area contributed by atoms with Crippen LogP contribution in [0.25, 0.3) is 10.2 Å². The van der Waals surface area contributed by atoms with Gasteiger partial charge in [-0.2, -0.15) is 8.42 Å². The molecule has 1 N–H and O–H groups in total. The maximum Gasteiger partial charge on any atom is 0.542 e. The van der Waals surface area contributed by atoms with E-state index in [2.05, 4.69) is 15.3 Å². The normalized spacial score (nSPS) is 11.5. The lowest BCUT2D eigenvalue weighted by atomic mass is 10.2. The number of hydrogen-bond donors (Lipinski definition) is 1. The number of thiazole rings is 1. The highest BCUT2D eigenvalue weighted by Gasteiger charge is 2.28. The second-order valence-corrected chi connectivity index (χ2v) is 12.4. The van der Waals surface area contributed by atoms with Crippen LogP contribution in [0.3, 0.4) is 0 Å². The first-order valence-electron chi connectivity index (χ1n) is 10.4. The van der Waals surface area contributed by atoms with Crippen molar-refractivity contribution >= 4 is 42.7 Å². The van der Waals surface area contributed by atoms with Gasteiger partial charge in [0.25, 0.3) is 5.91 Å². The highest BCUT2D eigenvalue weighted by atomic mass is 127. The van der Waals surface area contributed by atoms with Gasteiger partial charge in [-0.1, -0.05) is 29.0 Å². The van der Waals surface area contributed by atoms with Crippen LogP contribution in [0.1, 0.15) is 23.0 Å². The molecule has 0 saturated heterocycles. The topological polar surface area (TPSA) is 117 Å². The molecule has 0 aliphatic rings. The number of anilines is 1. The zero-order valence-electron chi connectivity index (χ0n) is 18.7. The molecule has 35 heavy (non-hydrogen) atoms. The summed E-state index contributed by atoms with van der Waals surface area (Å²) in [5.41, 5.74) is 1.87. The zero-order valence-corrected chi connectivity index (χ0v) is 22.5. The Morgan fingerprint density at radius 1 is 1.11 bits per heavy atom. The van der Waals surface area contributed by atoms with E-state index in [1.807, 2.05) is 26.0 Å². The number of hydrogen-bond acceptors (Lipinski definition) is 9. The molecule has 12 heteroatoms. The van der Waals surface area contributed by atoms with E-state index >= 15 is 0 Å². The summed E-state index contributed by atoms with van der Waals surface area (Å²) in [5.74, 6) is 0.231. The molecule has 0 bridgehead atoms. The third-order valence-corrected chi connectivity index (χ3v) is 9.68. The number of amides is 1. The van der Waals surface area contributed by atoms with Crippen molar-refractivity contribution in [2.24, 2.45) is 0 Å². The van der Waals surface area contributed by atoms with Crippen molar-refractivity contribution in [2.75, 3.05) is 18.7 Å². The maximum atomic E-state index is 12.6. The van der Waals surface area contributed by atoms with Crippen LogP contribution < -0.4 is 31.7 Å². The number of halogens is 1. The van der Waals surface area contributed by atoms with Gasteiger partial charge in [-0.3, -0.25) is 10.1 Å². The van der Waals surface area contributed by atoms with E-state index in [9.17, 15) is 13.2 Å². The van der Waals surface area contributed by atoms with Gasteiger partial charge in [-0.15, -0.1) is 0 Å². The van der Waals surface area contributed by atoms with E-state index in [4.69, 9.17) is 12.0 Å². The molecule has 2 heterocycles. The van der Waals surface area contributed by atoms with Gasteiger partial charge in [0.1, 0.15) is 11.4 Å². The van der Waals surface area contributed by atoms with E-state index in [-0.39, 0.29) is 17.4 Å². The fraction of sp³-hybridized carbons (Fsp3) is 0.174. The molecule has 0 atom stereocenters. The molecule has 0 radical (unpaired) electrons. The summed E-state index contributed by atoms with van der Waals surface area (Å²) in [6, 6.07) is 15.0. The highest BCUT2D eigenvalue weighted by molar-refractivity contribution is 7.86. The van der Waals surface area contributed by atoms with Crippen LogP contribution in [0.15, 0.2) is 65.7 Å². The van der Waals surface area contributed by atoms with Crippen LogP contribution in [-0.2, 0) is 17.4 Å². The summed E-state index contributed by atoms with van der Waals surface area (Å²) in [4.78, 5) is 21.3. The average molecular weight is 626 g/mol. The second-order valence-electron chi connectivity index (χ2n) is 7.13. The van der Waals surface area contributed by atoms with Crippen molar-refractivity contribution in [3.05, 3.63) is 75.6 Å². The van der Waals surface area contributed by atoms with Crippen LogP contribution in [0, 0.1) is 10.5 Å².